The lowest BCUT2D eigenvalue weighted by Crippen LogP contribution is -2.40. The van der Waals surface area contributed by atoms with Crippen LogP contribution in [0.25, 0.3) is 0 Å². The van der Waals surface area contributed by atoms with Crippen molar-refractivity contribution in [3.05, 3.63) is 54.4 Å². The van der Waals surface area contributed by atoms with E-state index in [0.29, 0.717) is 5.92 Å². The number of nitrogens with zero attached hydrogens (tertiary/aromatic N) is 3. The van der Waals surface area contributed by atoms with Crippen LogP contribution in [0.4, 0.5) is 11.4 Å². The third-order valence-electron chi connectivity index (χ3n) is 6.44. The smallest absolute Gasteiger partial charge is 0.231 e. The van der Waals surface area contributed by atoms with Gasteiger partial charge in [-0.1, -0.05) is 12.5 Å². The number of carbonyl (C=O) groups excluding carboxylic acids is 1. The van der Waals surface area contributed by atoms with E-state index in [-0.39, 0.29) is 17.9 Å². The van der Waals surface area contributed by atoms with Gasteiger partial charge in [0.15, 0.2) is 0 Å². The molecule has 1 aromatic heterocycles. The highest BCUT2D eigenvalue weighted by Gasteiger charge is 2.45. The number of anilines is 2. The van der Waals surface area contributed by atoms with E-state index in [1.807, 2.05) is 37.2 Å². The van der Waals surface area contributed by atoms with Gasteiger partial charge in [0, 0.05) is 37.6 Å². The summed E-state index contributed by atoms with van der Waals surface area (Å²) in [6.45, 7) is 2.09. The summed E-state index contributed by atoms with van der Waals surface area (Å²) in [6, 6.07) is 14.2. The number of carbonyl (C=O) groups is 1. The molecule has 1 heterocycles. The second kappa shape index (κ2) is 7.34. The highest BCUT2D eigenvalue weighted by atomic mass is 16.2. The molecule has 2 bridgehead atoms. The SMILES string of the molecule is C[C@H](c1ccccn1)N(C(=O)[C@@H]1C[C@H]2CC[C@H]1C2)c1ccc(N(C)C)cc1. The number of pyridine rings is 1. The molecule has 0 unspecified atom stereocenters. The van der Waals surface area contributed by atoms with Crippen molar-refractivity contribution in [2.75, 3.05) is 23.9 Å². The van der Waals surface area contributed by atoms with Gasteiger partial charge in [-0.2, -0.15) is 0 Å². The molecule has 2 saturated carbocycles. The van der Waals surface area contributed by atoms with E-state index in [2.05, 4.69) is 41.1 Å². The molecule has 1 amide bonds. The van der Waals surface area contributed by atoms with Gasteiger partial charge in [0.25, 0.3) is 0 Å². The van der Waals surface area contributed by atoms with E-state index < -0.39 is 0 Å². The summed E-state index contributed by atoms with van der Waals surface area (Å²) in [5.41, 5.74) is 3.04. The summed E-state index contributed by atoms with van der Waals surface area (Å²) in [7, 11) is 4.06. The molecule has 4 atom stereocenters. The molecule has 0 radical (unpaired) electrons. The van der Waals surface area contributed by atoms with E-state index in [4.69, 9.17) is 0 Å². The lowest BCUT2D eigenvalue weighted by Gasteiger charge is -2.34. The van der Waals surface area contributed by atoms with Gasteiger partial charge in [-0.25, -0.2) is 0 Å². The molecule has 0 N–H and O–H groups in total. The normalized spacial score (nSPS) is 24.6. The van der Waals surface area contributed by atoms with Crippen molar-refractivity contribution >= 4 is 17.3 Å². The van der Waals surface area contributed by atoms with E-state index >= 15 is 0 Å². The number of hydrogen-bond donors (Lipinski definition) is 0. The largest absolute Gasteiger partial charge is 0.378 e. The maximum atomic E-state index is 13.7. The van der Waals surface area contributed by atoms with E-state index in [9.17, 15) is 4.79 Å². The fourth-order valence-electron chi connectivity index (χ4n) is 4.93. The summed E-state index contributed by atoms with van der Waals surface area (Å²) in [5, 5.41) is 0. The Morgan fingerprint density at radius 3 is 2.33 bits per heavy atom. The number of rotatable bonds is 5. The average molecular weight is 364 g/mol. The van der Waals surface area contributed by atoms with Crippen LogP contribution in [0.5, 0.6) is 0 Å². The lowest BCUT2D eigenvalue weighted by atomic mass is 9.87. The number of amides is 1. The van der Waals surface area contributed by atoms with Crippen LogP contribution in [0.2, 0.25) is 0 Å². The average Bonchev–Trinajstić information content (AvgIpc) is 3.32. The van der Waals surface area contributed by atoms with Crippen molar-refractivity contribution in [1.82, 2.24) is 4.98 Å². The molecule has 27 heavy (non-hydrogen) atoms. The minimum Gasteiger partial charge on any atom is -0.378 e. The molecule has 142 valence electrons. The summed E-state index contributed by atoms with van der Waals surface area (Å²) in [5.74, 6) is 1.77. The first-order valence-electron chi connectivity index (χ1n) is 10.1. The molecule has 2 aliphatic rings. The van der Waals surface area contributed by atoms with Gasteiger partial charge >= 0.3 is 0 Å². The number of aromatic nitrogens is 1. The molecule has 2 fully saturated rings. The fraction of sp³-hybridized carbons (Fsp3) is 0.478. The second-order valence-corrected chi connectivity index (χ2v) is 8.33. The van der Waals surface area contributed by atoms with Gasteiger partial charge in [-0.05, 0) is 74.4 Å². The molecular formula is C23H29N3O. The molecule has 1 aromatic carbocycles. The van der Waals surface area contributed by atoms with Crippen LogP contribution < -0.4 is 9.80 Å². The number of hydrogen-bond acceptors (Lipinski definition) is 3. The molecule has 4 nitrogen and oxygen atoms in total. The van der Waals surface area contributed by atoms with Crippen LogP contribution in [0.1, 0.15) is 44.3 Å². The number of benzene rings is 1. The standard InChI is InChI=1S/C23H29N3O/c1-16(22-6-4-5-13-24-22)26(20-11-9-19(10-12-20)25(2)3)23(27)21-15-17-7-8-18(21)14-17/h4-6,9-13,16-18,21H,7-8,14-15H2,1-3H3/t16-,17+,18+,21-/m1/s1. The summed E-state index contributed by atoms with van der Waals surface area (Å²) >= 11 is 0. The van der Waals surface area contributed by atoms with Crippen molar-refractivity contribution in [3.63, 3.8) is 0 Å². The first-order chi connectivity index (χ1) is 13.0. The van der Waals surface area contributed by atoms with Crippen molar-refractivity contribution in [2.24, 2.45) is 17.8 Å². The predicted molar refractivity (Wildman–Crippen MR) is 110 cm³/mol. The number of fused-ring (bicyclic) bond motifs is 2. The van der Waals surface area contributed by atoms with Gasteiger partial charge in [-0.15, -0.1) is 0 Å². The van der Waals surface area contributed by atoms with Crippen LogP contribution >= 0.6 is 0 Å². The van der Waals surface area contributed by atoms with Crippen molar-refractivity contribution in [2.45, 2.75) is 38.6 Å². The zero-order valence-corrected chi connectivity index (χ0v) is 16.5. The fourth-order valence-corrected chi connectivity index (χ4v) is 4.93. The highest BCUT2D eigenvalue weighted by Crippen LogP contribution is 2.49. The third-order valence-corrected chi connectivity index (χ3v) is 6.44. The Balaban J connectivity index is 1.67. The Labute approximate surface area is 162 Å². The van der Waals surface area contributed by atoms with Crippen molar-refractivity contribution < 1.29 is 4.79 Å². The van der Waals surface area contributed by atoms with Gasteiger partial charge in [0.1, 0.15) is 0 Å². The Morgan fingerprint density at radius 1 is 1.04 bits per heavy atom. The quantitative estimate of drug-likeness (QED) is 0.774. The summed E-state index contributed by atoms with van der Waals surface area (Å²) in [6.07, 6.45) is 6.63. The highest BCUT2D eigenvalue weighted by molar-refractivity contribution is 5.96. The first kappa shape index (κ1) is 18.0. The van der Waals surface area contributed by atoms with Gasteiger partial charge in [-0.3, -0.25) is 9.78 Å². The zero-order chi connectivity index (χ0) is 19.0. The summed E-state index contributed by atoms with van der Waals surface area (Å²) in [4.78, 5) is 22.3. The maximum absolute atomic E-state index is 13.7. The predicted octanol–water partition coefficient (Wildman–Crippen LogP) is 4.68. The maximum Gasteiger partial charge on any atom is 0.231 e. The van der Waals surface area contributed by atoms with Crippen molar-refractivity contribution in [1.29, 1.82) is 0 Å². The Bertz CT molecular complexity index is 787. The van der Waals surface area contributed by atoms with Crippen LogP contribution in [0, 0.1) is 17.8 Å². The molecule has 4 heteroatoms. The molecule has 2 aliphatic carbocycles. The molecule has 2 aromatic rings. The minimum absolute atomic E-state index is 0.0805. The molecule has 0 saturated heterocycles. The topological polar surface area (TPSA) is 36.4 Å². The van der Waals surface area contributed by atoms with Gasteiger partial charge in [0.05, 0.1) is 11.7 Å². The lowest BCUT2D eigenvalue weighted by molar-refractivity contribution is -0.124. The second-order valence-electron chi connectivity index (χ2n) is 8.33. The van der Waals surface area contributed by atoms with Crippen LogP contribution in [-0.2, 0) is 4.79 Å². The van der Waals surface area contributed by atoms with E-state index in [0.717, 1.165) is 29.4 Å². The molecule has 0 spiro atoms. The van der Waals surface area contributed by atoms with Crippen LogP contribution in [-0.4, -0.2) is 25.0 Å². The summed E-state index contributed by atoms with van der Waals surface area (Å²) < 4.78 is 0. The minimum atomic E-state index is -0.0805. The zero-order valence-electron chi connectivity index (χ0n) is 16.5. The first-order valence-corrected chi connectivity index (χ1v) is 10.1. The van der Waals surface area contributed by atoms with Gasteiger partial charge < -0.3 is 9.80 Å². The van der Waals surface area contributed by atoms with Crippen molar-refractivity contribution in [3.8, 4) is 0 Å². The van der Waals surface area contributed by atoms with Crippen LogP contribution in [0.3, 0.4) is 0 Å². The molecular weight excluding hydrogens is 334 g/mol. The third kappa shape index (κ3) is 3.45. The van der Waals surface area contributed by atoms with E-state index in [1.54, 1.807) is 6.20 Å². The van der Waals surface area contributed by atoms with Crippen LogP contribution in [0.15, 0.2) is 48.7 Å². The van der Waals surface area contributed by atoms with Gasteiger partial charge in [0.2, 0.25) is 5.91 Å². The Hall–Kier alpha value is -2.36. The van der Waals surface area contributed by atoms with E-state index in [1.165, 1.54) is 19.3 Å². The Morgan fingerprint density at radius 2 is 1.78 bits per heavy atom. The Kier molecular flexibility index (Phi) is 4.90. The monoisotopic (exact) mass is 363 g/mol. The molecule has 4 rings (SSSR count). The molecule has 0 aliphatic heterocycles.